The first-order valence-corrected chi connectivity index (χ1v) is 8.07. The summed E-state index contributed by atoms with van der Waals surface area (Å²) in [5.74, 6) is -0.496. The van der Waals surface area contributed by atoms with E-state index in [9.17, 15) is 13.2 Å². The maximum Gasteiger partial charge on any atom is 0.227 e. The molecule has 0 aromatic carbocycles. The van der Waals surface area contributed by atoms with E-state index in [4.69, 9.17) is 5.14 Å². The van der Waals surface area contributed by atoms with Crippen LogP contribution in [0, 0.1) is 9.62 Å². The Morgan fingerprint density at radius 3 is 2.89 bits per heavy atom. The lowest BCUT2D eigenvalue weighted by Crippen LogP contribution is -2.28. The molecule has 1 fully saturated rings. The van der Waals surface area contributed by atoms with Gasteiger partial charge in [0.25, 0.3) is 0 Å². The lowest BCUT2D eigenvalue weighted by molar-refractivity contribution is -0.117. The van der Waals surface area contributed by atoms with Gasteiger partial charge in [-0.2, -0.15) is 0 Å². The zero-order valence-corrected chi connectivity index (χ0v) is 12.4. The van der Waals surface area contributed by atoms with Crippen LogP contribution in [-0.4, -0.2) is 31.6 Å². The van der Waals surface area contributed by atoms with Crippen LogP contribution in [0.5, 0.6) is 0 Å². The number of aromatic nitrogens is 1. The van der Waals surface area contributed by atoms with Crippen LogP contribution >= 0.6 is 22.6 Å². The third kappa shape index (κ3) is 3.18. The smallest absolute Gasteiger partial charge is 0.227 e. The van der Waals surface area contributed by atoms with Crippen molar-refractivity contribution in [3.05, 3.63) is 22.0 Å². The summed E-state index contributed by atoms with van der Waals surface area (Å²) in [5.41, 5.74) is 0.722. The van der Waals surface area contributed by atoms with Gasteiger partial charge in [-0.1, -0.05) is 0 Å². The van der Waals surface area contributed by atoms with E-state index < -0.39 is 10.0 Å². The van der Waals surface area contributed by atoms with E-state index in [1.807, 2.05) is 22.6 Å². The molecular formula is C10H12IN3O3S. The predicted octanol–water partition coefficient (Wildman–Crippen LogP) is 0.328. The number of hydrogen-bond acceptors (Lipinski definition) is 4. The summed E-state index contributed by atoms with van der Waals surface area (Å²) in [6.45, 7) is 0.372. The number of sulfonamides is 1. The van der Waals surface area contributed by atoms with E-state index in [0.717, 1.165) is 9.39 Å². The molecule has 6 nitrogen and oxygen atoms in total. The zero-order valence-electron chi connectivity index (χ0n) is 9.41. The van der Waals surface area contributed by atoms with Gasteiger partial charge in [0.1, 0.15) is 3.70 Å². The minimum atomic E-state index is -3.54. The Hall–Kier alpha value is -0.740. The second-order valence-electron chi connectivity index (χ2n) is 4.22. The fourth-order valence-electron chi connectivity index (χ4n) is 2.03. The molecule has 1 saturated heterocycles. The third-order valence-corrected chi connectivity index (χ3v) is 4.47. The number of hydrogen-bond donors (Lipinski definition) is 1. The fourth-order valence-corrected chi connectivity index (χ4v) is 3.55. The van der Waals surface area contributed by atoms with Crippen molar-refractivity contribution in [2.24, 2.45) is 11.1 Å². The molecular weight excluding hydrogens is 369 g/mol. The highest BCUT2D eigenvalue weighted by molar-refractivity contribution is 14.1. The molecule has 2 N–H and O–H groups in total. The van der Waals surface area contributed by atoms with Crippen molar-refractivity contribution in [3.8, 4) is 0 Å². The van der Waals surface area contributed by atoms with Gasteiger partial charge in [0.15, 0.2) is 0 Å². The Kier molecular flexibility index (Phi) is 3.87. The number of amides is 1. The average Bonchev–Trinajstić information content (AvgIpc) is 2.57. The molecule has 0 bridgehead atoms. The van der Waals surface area contributed by atoms with Crippen LogP contribution in [0.2, 0.25) is 0 Å². The van der Waals surface area contributed by atoms with Crippen molar-refractivity contribution >= 4 is 44.2 Å². The van der Waals surface area contributed by atoms with E-state index >= 15 is 0 Å². The van der Waals surface area contributed by atoms with Crippen LogP contribution in [0.4, 0.5) is 5.69 Å². The average molecular weight is 381 g/mol. The number of carbonyl (C=O) groups excluding carboxylic acids is 1. The molecule has 1 aromatic heterocycles. The van der Waals surface area contributed by atoms with Crippen molar-refractivity contribution in [2.75, 3.05) is 17.2 Å². The van der Waals surface area contributed by atoms with E-state index in [0.29, 0.717) is 6.54 Å². The second kappa shape index (κ2) is 5.10. The summed E-state index contributed by atoms with van der Waals surface area (Å²) in [5, 5.41) is 5.00. The molecule has 1 atom stereocenters. The molecule has 1 aliphatic heterocycles. The Morgan fingerprint density at radius 2 is 2.28 bits per heavy atom. The van der Waals surface area contributed by atoms with Gasteiger partial charge in [0.2, 0.25) is 15.9 Å². The molecule has 1 aromatic rings. The summed E-state index contributed by atoms with van der Waals surface area (Å²) in [6, 6.07) is 3.55. The quantitative estimate of drug-likeness (QED) is 0.603. The topological polar surface area (TPSA) is 93.4 Å². The molecule has 0 radical (unpaired) electrons. The number of rotatable bonds is 3. The van der Waals surface area contributed by atoms with Crippen LogP contribution in [0.1, 0.15) is 6.42 Å². The van der Waals surface area contributed by atoms with Crippen LogP contribution in [0.3, 0.4) is 0 Å². The lowest BCUT2D eigenvalue weighted by atomic mass is 10.1. The Labute approximate surface area is 119 Å². The van der Waals surface area contributed by atoms with Gasteiger partial charge >= 0.3 is 0 Å². The summed E-state index contributed by atoms with van der Waals surface area (Å²) in [6.07, 6.45) is 1.86. The molecule has 0 saturated carbocycles. The number of pyridine rings is 1. The Morgan fingerprint density at radius 1 is 1.56 bits per heavy atom. The first-order chi connectivity index (χ1) is 8.37. The molecule has 98 valence electrons. The molecule has 18 heavy (non-hydrogen) atoms. The number of primary sulfonamides is 1. The van der Waals surface area contributed by atoms with Gasteiger partial charge in [-0.05, 0) is 34.7 Å². The minimum Gasteiger partial charge on any atom is -0.310 e. The van der Waals surface area contributed by atoms with Crippen LogP contribution < -0.4 is 10.0 Å². The zero-order chi connectivity index (χ0) is 13.3. The number of nitrogens with two attached hydrogens (primary N) is 1. The van der Waals surface area contributed by atoms with Crippen molar-refractivity contribution in [1.29, 1.82) is 0 Å². The number of anilines is 1. The number of nitrogens with zero attached hydrogens (tertiary/aromatic N) is 2. The number of carbonyl (C=O) groups is 1. The molecule has 2 rings (SSSR count). The van der Waals surface area contributed by atoms with Crippen LogP contribution in [0.15, 0.2) is 18.3 Å². The summed E-state index contributed by atoms with van der Waals surface area (Å²) in [7, 11) is -3.54. The van der Waals surface area contributed by atoms with E-state index in [1.165, 1.54) is 0 Å². The highest BCUT2D eigenvalue weighted by Crippen LogP contribution is 2.28. The van der Waals surface area contributed by atoms with Crippen molar-refractivity contribution in [1.82, 2.24) is 4.98 Å². The Bertz CT molecular complexity index is 575. The van der Waals surface area contributed by atoms with E-state index in [2.05, 4.69) is 4.98 Å². The van der Waals surface area contributed by atoms with Gasteiger partial charge in [-0.15, -0.1) is 0 Å². The Balaban J connectivity index is 2.18. The first-order valence-electron chi connectivity index (χ1n) is 5.28. The molecule has 1 aliphatic rings. The highest BCUT2D eigenvalue weighted by atomic mass is 127. The molecule has 8 heteroatoms. The van der Waals surface area contributed by atoms with Crippen molar-refractivity contribution in [2.45, 2.75) is 6.42 Å². The molecule has 1 amide bonds. The second-order valence-corrected chi connectivity index (χ2v) is 6.90. The van der Waals surface area contributed by atoms with E-state index in [1.54, 1.807) is 23.2 Å². The molecule has 0 spiro atoms. The van der Waals surface area contributed by atoms with Crippen molar-refractivity contribution in [3.63, 3.8) is 0 Å². The predicted molar refractivity (Wildman–Crippen MR) is 75.4 cm³/mol. The largest absolute Gasteiger partial charge is 0.310 e. The molecule has 2 heterocycles. The van der Waals surface area contributed by atoms with Gasteiger partial charge in [0, 0.05) is 25.1 Å². The third-order valence-electron chi connectivity index (χ3n) is 2.70. The van der Waals surface area contributed by atoms with Crippen LogP contribution in [-0.2, 0) is 14.8 Å². The molecule has 1 unspecified atom stereocenters. The highest BCUT2D eigenvalue weighted by Gasteiger charge is 2.33. The maximum atomic E-state index is 11.9. The van der Waals surface area contributed by atoms with E-state index in [-0.39, 0.29) is 24.0 Å². The van der Waals surface area contributed by atoms with Gasteiger partial charge in [-0.25, -0.2) is 18.5 Å². The minimum absolute atomic E-state index is 0.0884. The lowest BCUT2D eigenvalue weighted by Gasteiger charge is -2.17. The monoisotopic (exact) mass is 381 g/mol. The standard InChI is InChI=1S/C10H12IN3O3S/c11-10-8(2-1-3-13-10)14-5-7(4-9(14)15)6-18(12,16)17/h1-3,7H,4-6H2,(H2,12,16,17). The number of halogens is 1. The van der Waals surface area contributed by atoms with Gasteiger partial charge in [0.05, 0.1) is 11.4 Å². The molecule has 0 aliphatic carbocycles. The summed E-state index contributed by atoms with van der Waals surface area (Å²) >= 11 is 2.05. The van der Waals surface area contributed by atoms with Gasteiger partial charge < -0.3 is 4.90 Å². The normalized spacial score (nSPS) is 20.4. The van der Waals surface area contributed by atoms with Gasteiger partial charge in [-0.3, -0.25) is 4.79 Å². The fraction of sp³-hybridized carbons (Fsp3) is 0.400. The summed E-state index contributed by atoms with van der Waals surface area (Å²) in [4.78, 5) is 17.6. The summed E-state index contributed by atoms with van der Waals surface area (Å²) < 4.78 is 22.8. The van der Waals surface area contributed by atoms with Crippen LogP contribution in [0.25, 0.3) is 0 Å². The SMILES string of the molecule is NS(=O)(=O)CC1CC(=O)N(c2cccnc2I)C1. The first kappa shape index (κ1) is 13.7. The maximum absolute atomic E-state index is 11.9. The van der Waals surface area contributed by atoms with Crippen molar-refractivity contribution < 1.29 is 13.2 Å².